The first kappa shape index (κ1) is 16.0. The van der Waals surface area contributed by atoms with Crippen LogP contribution in [0.5, 0.6) is 0 Å². The van der Waals surface area contributed by atoms with E-state index in [9.17, 15) is 4.79 Å². The van der Waals surface area contributed by atoms with E-state index in [1.54, 1.807) is 0 Å². The number of carbonyl (C=O) groups is 1. The monoisotopic (exact) mass is 265 g/mol. The maximum absolute atomic E-state index is 12.8. The lowest BCUT2D eigenvalue weighted by molar-refractivity contribution is -0.145. The van der Waals surface area contributed by atoms with Gasteiger partial charge in [0.15, 0.2) is 0 Å². The number of amides is 1. The molecule has 1 atom stereocenters. The molecule has 1 aliphatic heterocycles. The Morgan fingerprint density at radius 1 is 1.53 bits per heavy atom. The lowest BCUT2D eigenvalue weighted by Gasteiger charge is -2.40. The Bertz CT molecular complexity index is 338. The van der Waals surface area contributed by atoms with Crippen molar-refractivity contribution in [1.29, 1.82) is 5.26 Å². The summed E-state index contributed by atoms with van der Waals surface area (Å²) in [5.41, 5.74) is -0.354. The number of hydrogen-bond acceptors (Lipinski definition) is 3. The van der Waals surface area contributed by atoms with E-state index in [-0.39, 0.29) is 17.4 Å². The van der Waals surface area contributed by atoms with Gasteiger partial charge in [-0.25, -0.2) is 0 Å². The van der Waals surface area contributed by atoms with Crippen molar-refractivity contribution in [3.05, 3.63) is 0 Å². The SMILES string of the molecule is CC(C)N(CCC#N)C(=O)C(C)(C)C1CCCNC1. The molecule has 1 fully saturated rings. The number of nitrogens with zero attached hydrogens (tertiary/aromatic N) is 2. The van der Waals surface area contributed by atoms with Gasteiger partial charge in [0, 0.05) is 18.0 Å². The quantitative estimate of drug-likeness (QED) is 0.829. The average molecular weight is 265 g/mol. The minimum atomic E-state index is -0.354. The van der Waals surface area contributed by atoms with Crippen LogP contribution in [0.1, 0.15) is 47.0 Å². The van der Waals surface area contributed by atoms with Crippen LogP contribution >= 0.6 is 0 Å². The Balaban J connectivity index is 2.78. The van der Waals surface area contributed by atoms with Crippen molar-refractivity contribution in [3.63, 3.8) is 0 Å². The lowest BCUT2D eigenvalue weighted by atomic mass is 9.73. The van der Waals surface area contributed by atoms with Gasteiger partial charge in [0.05, 0.1) is 12.5 Å². The second-order valence-corrected chi connectivity index (χ2v) is 6.27. The Morgan fingerprint density at radius 3 is 2.68 bits per heavy atom. The van der Waals surface area contributed by atoms with Crippen LogP contribution in [0.25, 0.3) is 0 Å². The van der Waals surface area contributed by atoms with Crippen molar-refractivity contribution in [3.8, 4) is 6.07 Å². The van der Waals surface area contributed by atoms with E-state index >= 15 is 0 Å². The van der Waals surface area contributed by atoms with Crippen LogP contribution in [0.4, 0.5) is 0 Å². The summed E-state index contributed by atoms with van der Waals surface area (Å²) >= 11 is 0. The van der Waals surface area contributed by atoms with E-state index in [2.05, 4.69) is 25.2 Å². The van der Waals surface area contributed by atoms with E-state index in [4.69, 9.17) is 5.26 Å². The molecule has 19 heavy (non-hydrogen) atoms. The normalized spacial score (nSPS) is 20.1. The van der Waals surface area contributed by atoms with Crippen molar-refractivity contribution in [2.75, 3.05) is 19.6 Å². The van der Waals surface area contributed by atoms with Gasteiger partial charge in [-0.2, -0.15) is 5.26 Å². The molecule has 1 aliphatic rings. The fourth-order valence-electron chi connectivity index (χ4n) is 2.78. The van der Waals surface area contributed by atoms with Gasteiger partial charge in [-0.1, -0.05) is 13.8 Å². The number of nitrogens with one attached hydrogen (secondary N) is 1. The molecule has 1 saturated heterocycles. The third-order valence-electron chi connectivity index (χ3n) is 4.22. The lowest BCUT2D eigenvalue weighted by Crippen LogP contribution is -2.51. The highest BCUT2D eigenvalue weighted by Crippen LogP contribution is 2.34. The fraction of sp³-hybridized carbons (Fsp3) is 0.867. The second kappa shape index (κ2) is 6.91. The molecule has 0 aromatic heterocycles. The van der Waals surface area contributed by atoms with Gasteiger partial charge < -0.3 is 10.2 Å². The summed E-state index contributed by atoms with van der Waals surface area (Å²) in [6, 6.07) is 2.28. The van der Waals surface area contributed by atoms with E-state index in [1.807, 2.05) is 18.7 Å². The van der Waals surface area contributed by atoms with Crippen LogP contribution in [0.15, 0.2) is 0 Å². The standard InChI is InChI=1S/C15H27N3O/c1-12(2)18(10-6-8-16)14(19)15(3,4)13-7-5-9-17-11-13/h12-13,17H,5-7,9-11H2,1-4H3. The van der Waals surface area contributed by atoms with Crippen LogP contribution in [0.3, 0.4) is 0 Å². The Hall–Kier alpha value is -1.08. The van der Waals surface area contributed by atoms with Crippen molar-refractivity contribution >= 4 is 5.91 Å². The van der Waals surface area contributed by atoms with Gasteiger partial charge in [-0.3, -0.25) is 4.79 Å². The first-order valence-electron chi connectivity index (χ1n) is 7.30. The predicted molar refractivity (Wildman–Crippen MR) is 76.5 cm³/mol. The Morgan fingerprint density at radius 2 is 2.21 bits per heavy atom. The summed E-state index contributed by atoms with van der Waals surface area (Å²) in [5.74, 6) is 0.573. The molecule has 0 aromatic carbocycles. The van der Waals surface area contributed by atoms with Gasteiger partial charge in [0.2, 0.25) is 5.91 Å². The van der Waals surface area contributed by atoms with Gasteiger partial charge in [0.1, 0.15) is 0 Å². The molecular formula is C15H27N3O. The van der Waals surface area contributed by atoms with Gasteiger partial charge in [0.25, 0.3) is 0 Å². The first-order valence-corrected chi connectivity index (χ1v) is 7.30. The molecular weight excluding hydrogens is 238 g/mol. The molecule has 1 amide bonds. The summed E-state index contributed by atoms with van der Waals surface area (Å²) in [7, 11) is 0. The van der Waals surface area contributed by atoms with Crippen LogP contribution < -0.4 is 5.32 Å². The zero-order chi connectivity index (χ0) is 14.5. The summed E-state index contributed by atoms with van der Waals surface area (Å²) in [4.78, 5) is 14.7. The maximum atomic E-state index is 12.8. The molecule has 4 heteroatoms. The largest absolute Gasteiger partial charge is 0.339 e. The molecule has 0 aliphatic carbocycles. The molecule has 0 spiro atoms. The van der Waals surface area contributed by atoms with Crippen LogP contribution in [-0.4, -0.2) is 36.5 Å². The van der Waals surface area contributed by atoms with Crippen molar-refractivity contribution in [1.82, 2.24) is 10.2 Å². The van der Waals surface area contributed by atoms with Gasteiger partial charge in [-0.05, 0) is 45.7 Å². The van der Waals surface area contributed by atoms with Gasteiger partial charge >= 0.3 is 0 Å². The number of nitriles is 1. The van der Waals surface area contributed by atoms with Crippen LogP contribution in [-0.2, 0) is 4.79 Å². The highest BCUT2D eigenvalue weighted by Gasteiger charge is 2.40. The predicted octanol–water partition coefficient (Wildman–Crippen LogP) is 2.16. The zero-order valence-corrected chi connectivity index (χ0v) is 12.7. The molecule has 1 heterocycles. The Labute approximate surface area is 117 Å². The number of rotatable bonds is 5. The van der Waals surface area contributed by atoms with Crippen LogP contribution in [0, 0.1) is 22.7 Å². The van der Waals surface area contributed by atoms with E-state index in [0.29, 0.717) is 18.9 Å². The van der Waals surface area contributed by atoms with E-state index in [0.717, 1.165) is 25.9 Å². The molecule has 0 aromatic rings. The zero-order valence-electron chi connectivity index (χ0n) is 12.7. The molecule has 1 N–H and O–H groups in total. The van der Waals surface area contributed by atoms with Gasteiger partial charge in [-0.15, -0.1) is 0 Å². The average Bonchev–Trinajstić information content (AvgIpc) is 2.39. The second-order valence-electron chi connectivity index (χ2n) is 6.27. The molecule has 1 unspecified atom stereocenters. The highest BCUT2D eigenvalue weighted by molar-refractivity contribution is 5.82. The molecule has 0 bridgehead atoms. The van der Waals surface area contributed by atoms with E-state index in [1.165, 1.54) is 0 Å². The summed E-state index contributed by atoms with van der Waals surface area (Å²) in [5, 5.41) is 12.1. The van der Waals surface area contributed by atoms with E-state index < -0.39 is 0 Å². The third-order valence-corrected chi connectivity index (χ3v) is 4.22. The van der Waals surface area contributed by atoms with Crippen molar-refractivity contribution < 1.29 is 4.79 Å². The first-order chi connectivity index (χ1) is 8.91. The fourth-order valence-corrected chi connectivity index (χ4v) is 2.78. The molecule has 0 radical (unpaired) electrons. The summed E-state index contributed by atoms with van der Waals surface area (Å²) in [6.07, 6.45) is 2.65. The molecule has 108 valence electrons. The molecule has 0 saturated carbocycles. The minimum absolute atomic E-state index is 0.150. The molecule has 1 rings (SSSR count). The number of carbonyl (C=O) groups excluding carboxylic acids is 1. The van der Waals surface area contributed by atoms with Crippen molar-refractivity contribution in [2.24, 2.45) is 11.3 Å². The summed E-state index contributed by atoms with van der Waals surface area (Å²) < 4.78 is 0. The smallest absolute Gasteiger partial charge is 0.228 e. The number of hydrogen-bond donors (Lipinski definition) is 1. The van der Waals surface area contributed by atoms with Crippen LogP contribution in [0.2, 0.25) is 0 Å². The minimum Gasteiger partial charge on any atom is -0.339 e. The summed E-state index contributed by atoms with van der Waals surface area (Å²) in [6.45, 7) is 10.7. The highest BCUT2D eigenvalue weighted by atomic mass is 16.2. The van der Waals surface area contributed by atoms with Crippen molar-refractivity contribution in [2.45, 2.75) is 53.0 Å². The topological polar surface area (TPSA) is 56.1 Å². The third kappa shape index (κ3) is 3.94. The molecule has 4 nitrogen and oxygen atoms in total. The number of piperidine rings is 1. The maximum Gasteiger partial charge on any atom is 0.228 e. The Kier molecular flexibility index (Phi) is 5.81.